The predicted molar refractivity (Wildman–Crippen MR) is 125 cm³/mol. The van der Waals surface area contributed by atoms with Gasteiger partial charge >= 0.3 is 6.03 Å². The van der Waals surface area contributed by atoms with Gasteiger partial charge in [-0.2, -0.15) is 0 Å². The molecule has 1 saturated heterocycles. The van der Waals surface area contributed by atoms with Crippen molar-refractivity contribution in [2.24, 2.45) is 0 Å². The maximum atomic E-state index is 12.7. The minimum Gasteiger partial charge on any atom is -0.370 e. The highest BCUT2D eigenvalue weighted by Gasteiger charge is 2.19. The summed E-state index contributed by atoms with van der Waals surface area (Å²) in [4.78, 5) is 19.4. The quantitative estimate of drug-likeness (QED) is 0.744. The van der Waals surface area contributed by atoms with E-state index in [1.54, 1.807) is 0 Å². The van der Waals surface area contributed by atoms with Gasteiger partial charge in [-0.05, 0) is 49.7 Å². The Kier molecular flexibility index (Phi) is 8.14. The van der Waals surface area contributed by atoms with Gasteiger partial charge in [-0.1, -0.05) is 55.8 Å². The fourth-order valence-corrected chi connectivity index (χ4v) is 3.89. The zero-order valence-corrected chi connectivity index (χ0v) is 18.7. The second-order valence-corrected chi connectivity index (χ2v) is 8.10. The van der Waals surface area contributed by atoms with E-state index in [2.05, 4.69) is 84.4 Å². The molecule has 1 fully saturated rings. The Morgan fingerprint density at radius 1 is 0.900 bits per heavy atom. The van der Waals surface area contributed by atoms with Gasteiger partial charge in [-0.3, -0.25) is 4.90 Å². The number of nitrogens with zero attached hydrogens (tertiary/aromatic N) is 3. The van der Waals surface area contributed by atoms with E-state index in [1.165, 1.54) is 16.8 Å². The summed E-state index contributed by atoms with van der Waals surface area (Å²) in [6.07, 6.45) is 0.987. The van der Waals surface area contributed by atoms with Gasteiger partial charge in [-0.25, -0.2) is 4.79 Å². The van der Waals surface area contributed by atoms with Gasteiger partial charge in [0.15, 0.2) is 0 Å². The van der Waals surface area contributed by atoms with Crippen molar-refractivity contribution in [1.29, 1.82) is 0 Å². The number of hydrogen-bond acceptors (Lipinski definition) is 3. The minimum atomic E-state index is 0.0352. The number of amides is 2. The lowest BCUT2D eigenvalue weighted by Gasteiger charge is -2.24. The summed E-state index contributed by atoms with van der Waals surface area (Å²) in [6, 6.07) is 17.3. The highest BCUT2D eigenvalue weighted by Crippen LogP contribution is 2.17. The number of nitrogens with one attached hydrogen (secondary N) is 1. The average molecular weight is 409 g/mol. The number of anilines is 1. The van der Waals surface area contributed by atoms with Crippen LogP contribution in [0.3, 0.4) is 0 Å². The molecule has 3 rings (SSSR count). The van der Waals surface area contributed by atoms with Crippen LogP contribution in [0.5, 0.6) is 0 Å². The number of carbonyl (C=O) groups excluding carboxylic acids is 1. The van der Waals surface area contributed by atoms with Crippen LogP contribution in [-0.2, 0) is 13.1 Å². The lowest BCUT2D eigenvalue weighted by molar-refractivity contribution is 0.201. The Morgan fingerprint density at radius 3 is 2.23 bits per heavy atom. The predicted octanol–water partition coefficient (Wildman–Crippen LogP) is 4.26. The summed E-state index contributed by atoms with van der Waals surface area (Å²) in [7, 11) is 0. The molecule has 0 atom stereocenters. The highest BCUT2D eigenvalue weighted by atomic mass is 16.2. The molecule has 0 spiro atoms. The molecule has 5 nitrogen and oxygen atoms in total. The van der Waals surface area contributed by atoms with E-state index in [1.807, 2.05) is 4.90 Å². The van der Waals surface area contributed by atoms with Gasteiger partial charge in [0.1, 0.15) is 0 Å². The summed E-state index contributed by atoms with van der Waals surface area (Å²) >= 11 is 0. The summed E-state index contributed by atoms with van der Waals surface area (Å²) < 4.78 is 0. The Hall–Kier alpha value is -2.53. The molecule has 2 aromatic carbocycles. The van der Waals surface area contributed by atoms with E-state index in [0.29, 0.717) is 6.54 Å². The molecule has 162 valence electrons. The van der Waals surface area contributed by atoms with Crippen molar-refractivity contribution in [2.75, 3.05) is 44.2 Å². The monoisotopic (exact) mass is 408 g/mol. The van der Waals surface area contributed by atoms with Gasteiger partial charge in [0.25, 0.3) is 0 Å². The molecule has 30 heavy (non-hydrogen) atoms. The van der Waals surface area contributed by atoms with Crippen LogP contribution in [0, 0.1) is 6.92 Å². The van der Waals surface area contributed by atoms with Crippen molar-refractivity contribution in [2.45, 2.75) is 40.3 Å². The number of benzene rings is 2. The zero-order valence-electron chi connectivity index (χ0n) is 18.7. The first-order valence-electron chi connectivity index (χ1n) is 11.2. The molecule has 0 saturated carbocycles. The molecule has 1 heterocycles. The SMILES string of the molecule is CCN(CC)Cc1ccc(CNC(=O)N2CCCN(c3ccc(C)cc3)CC2)cc1. The summed E-state index contributed by atoms with van der Waals surface area (Å²) in [5, 5.41) is 3.10. The average Bonchev–Trinajstić information content (AvgIpc) is 3.03. The molecule has 1 aliphatic rings. The topological polar surface area (TPSA) is 38.8 Å². The largest absolute Gasteiger partial charge is 0.370 e. The number of aryl methyl sites for hydroxylation is 1. The van der Waals surface area contributed by atoms with E-state index in [4.69, 9.17) is 0 Å². The van der Waals surface area contributed by atoms with Crippen LogP contribution in [0.25, 0.3) is 0 Å². The first kappa shape index (κ1) is 22.2. The Balaban J connectivity index is 1.47. The van der Waals surface area contributed by atoms with Crippen LogP contribution in [-0.4, -0.2) is 55.1 Å². The lowest BCUT2D eigenvalue weighted by atomic mass is 10.1. The van der Waals surface area contributed by atoms with Gasteiger partial charge in [0.2, 0.25) is 0 Å². The molecular weight excluding hydrogens is 372 g/mol. The standard InChI is InChI=1S/C25H36N4O/c1-4-27(5-2)20-23-11-9-22(10-12-23)19-26-25(30)29-16-6-15-28(17-18-29)24-13-7-21(3)8-14-24/h7-14H,4-6,15-20H2,1-3H3,(H,26,30). The van der Waals surface area contributed by atoms with E-state index < -0.39 is 0 Å². The Labute approximate surface area is 181 Å². The Bertz CT molecular complexity index is 784. The first-order valence-corrected chi connectivity index (χ1v) is 11.2. The molecule has 0 radical (unpaired) electrons. The van der Waals surface area contributed by atoms with Gasteiger partial charge < -0.3 is 15.1 Å². The molecular formula is C25H36N4O. The smallest absolute Gasteiger partial charge is 0.317 e. The molecule has 2 aromatic rings. The van der Waals surface area contributed by atoms with Crippen LogP contribution < -0.4 is 10.2 Å². The molecule has 1 aliphatic heterocycles. The van der Waals surface area contributed by atoms with Crippen molar-refractivity contribution in [3.63, 3.8) is 0 Å². The van der Waals surface area contributed by atoms with E-state index in [0.717, 1.165) is 57.8 Å². The number of hydrogen-bond donors (Lipinski definition) is 1. The van der Waals surface area contributed by atoms with E-state index >= 15 is 0 Å². The summed E-state index contributed by atoms with van der Waals surface area (Å²) in [6.45, 7) is 13.6. The van der Waals surface area contributed by atoms with Crippen molar-refractivity contribution in [1.82, 2.24) is 15.1 Å². The first-order chi connectivity index (χ1) is 14.6. The second kappa shape index (κ2) is 11.0. The third-order valence-corrected chi connectivity index (χ3v) is 5.95. The maximum absolute atomic E-state index is 12.7. The van der Waals surface area contributed by atoms with E-state index in [9.17, 15) is 4.79 Å². The summed E-state index contributed by atoms with van der Waals surface area (Å²) in [5.41, 5.74) is 4.98. The highest BCUT2D eigenvalue weighted by molar-refractivity contribution is 5.74. The minimum absolute atomic E-state index is 0.0352. The van der Waals surface area contributed by atoms with Gasteiger partial charge in [-0.15, -0.1) is 0 Å². The van der Waals surface area contributed by atoms with Crippen molar-refractivity contribution >= 4 is 11.7 Å². The van der Waals surface area contributed by atoms with E-state index in [-0.39, 0.29) is 6.03 Å². The molecule has 1 N–H and O–H groups in total. The molecule has 0 aliphatic carbocycles. The zero-order chi connectivity index (χ0) is 21.3. The van der Waals surface area contributed by atoms with Crippen LogP contribution >= 0.6 is 0 Å². The third kappa shape index (κ3) is 6.23. The van der Waals surface area contributed by atoms with Crippen molar-refractivity contribution in [3.8, 4) is 0 Å². The molecule has 5 heteroatoms. The fraction of sp³-hybridized carbons (Fsp3) is 0.480. The number of carbonyl (C=O) groups is 1. The van der Waals surface area contributed by atoms with Crippen LogP contribution in [0.2, 0.25) is 0 Å². The number of rotatable bonds is 7. The summed E-state index contributed by atoms with van der Waals surface area (Å²) in [5.74, 6) is 0. The van der Waals surface area contributed by atoms with Gasteiger partial charge in [0.05, 0.1) is 0 Å². The van der Waals surface area contributed by atoms with Crippen molar-refractivity contribution in [3.05, 3.63) is 65.2 Å². The maximum Gasteiger partial charge on any atom is 0.317 e. The fourth-order valence-electron chi connectivity index (χ4n) is 3.89. The van der Waals surface area contributed by atoms with Crippen LogP contribution in [0.4, 0.5) is 10.5 Å². The molecule has 0 aromatic heterocycles. The molecule has 0 unspecified atom stereocenters. The third-order valence-electron chi connectivity index (χ3n) is 5.95. The Morgan fingerprint density at radius 2 is 1.57 bits per heavy atom. The normalized spacial score (nSPS) is 14.7. The van der Waals surface area contributed by atoms with Crippen LogP contribution in [0.1, 0.15) is 37.0 Å². The van der Waals surface area contributed by atoms with Crippen LogP contribution in [0.15, 0.2) is 48.5 Å². The second-order valence-electron chi connectivity index (χ2n) is 8.10. The number of urea groups is 1. The van der Waals surface area contributed by atoms with Crippen molar-refractivity contribution < 1.29 is 4.79 Å². The lowest BCUT2D eigenvalue weighted by Crippen LogP contribution is -2.41. The molecule has 0 bridgehead atoms. The van der Waals surface area contributed by atoms with Gasteiger partial charge in [0, 0.05) is 45.0 Å². The molecule has 2 amide bonds.